The highest BCUT2D eigenvalue weighted by Crippen LogP contribution is 2.09. The van der Waals surface area contributed by atoms with E-state index in [1.54, 1.807) is 30.4 Å². The lowest BCUT2D eigenvalue weighted by Gasteiger charge is -2.05. The zero-order valence-electron chi connectivity index (χ0n) is 6.78. The molecule has 0 bridgehead atoms. The van der Waals surface area contributed by atoms with Gasteiger partial charge >= 0.3 is 0 Å². The van der Waals surface area contributed by atoms with Crippen molar-refractivity contribution in [2.45, 2.75) is 6.92 Å². The first kappa shape index (κ1) is 8.53. The highest BCUT2D eigenvalue weighted by Gasteiger charge is 1.96. The van der Waals surface area contributed by atoms with Crippen molar-refractivity contribution in [2.75, 3.05) is 0 Å². The molecule has 0 spiro atoms. The summed E-state index contributed by atoms with van der Waals surface area (Å²) in [6, 6.07) is 6.75. The van der Waals surface area contributed by atoms with Gasteiger partial charge in [0.05, 0.1) is 5.97 Å². The van der Waals surface area contributed by atoms with Crippen LogP contribution in [0.5, 0.6) is 0 Å². The molecule has 0 aromatic heterocycles. The minimum atomic E-state index is -1.14. The number of carboxylic acid groups (broad SMARTS) is 1. The number of rotatable bonds is 2. The Morgan fingerprint density at radius 2 is 2.08 bits per heavy atom. The Hall–Kier alpha value is -1.57. The zero-order chi connectivity index (χ0) is 8.97. The largest absolute Gasteiger partial charge is 0.545 e. The number of allylic oxidation sites excluding steroid dienone is 1. The summed E-state index contributed by atoms with van der Waals surface area (Å²) in [6.07, 6.45) is 3.53. The maximum atomic E-state index is 10.6. The quantitative estimate of drug-likeness (QED) is 0.651. The SMILES string of the molecule is C/C=C/c1ccccc1C(=O)[O-]. The molecule has 0 saturated heterocycles. The molecule has 0 N–H and O–H groups in total. The fourth-order valence-corrected chi connectivity index (χ4v) is 1.01. The number of hydrogen-bond donors (Lipinski definition) is 0. The number of hydrogen-bond acceptors (Lipinski definition) is 2. The molecular formula is C10H9O2-. The average Bonchev–Trinajstić information content (AvgIpc) is 2.05. The maximum Gasteiger partial charge on any atom is 0.0721 e. The zero-order valence-corrected chi connectivity index (χ0v) is 6.78. The minimum absolute atomic E-state index is 0.232. The molecular weight excluding hydrogens is 152 g/mol. The highest BCUT2D eigenvalue weighted by molar-refractivity contribution is 5.90. The summed E-state index contributed by atoms with van der Waals surface area (Å²) >= 11 is 0. The fraction of sp³-hybridized carbons (Fsp3) is 0.100. The van der Waals surface area contributed by atoms with Gasteiger partial charge in [-0.2, -0.15) is 0 Å². The molecule has 0 aliphatic heterocycles. The molecule has 12 heavy (non-hydrogen) atoms. The van der Waals surface area contributed by atoms with E-state index in [0.717, 1.165) is 0 Å². The lowest BCUT2D eigenvalue weighted by atomic mass is 10.1. The van der Waals surface area contributed by atoms with Crippen molar-refractivity contribution in [3.05, 3.63) is 41.5 Å². The van der Waals surface area contributed by atoms with Gasteiger partial charge < -0.3 is 9.90 Å². The van der Waals surface area contributed by atoms with Crippen molar-refractivity contribution in [2.24, 2.45) is 0 Å². The van der Waals surface area contributed by atoms with Crippen molar-refractivity contribution in [3.63, 3.8) is 0 Å². The summed E-state index contributed by atoms with van der Waals surface area (Å²) in [5.41, 5.74) is 0.913. The Morgan fingerprint density at radius 1 is 1.42 bits per heavy atom. The molecule has 62 valence electrons. The summed E-state index contributed by atoms with van der Waals surface area (Å²) in [5.74, 6) is -1.14. The van der Waals surface area contributed by atoms with E-state index in [1.807, 2.05) is 6.92 Å². The van der Waals surface area contributed by atoms with Crippen LogP contribution in [0.2, 0.25) is 0 Å². The molecule has 1 aromatic rings. The van der Waals surface area contributed by atoms with E-state index in [1.165, 1.54) is 6.07 Å². The van der Waals surface area contributed by atoms with Crippen LogP contribution in [-0.2, 0) is 0 Å². The van der Waals surface area contributed by atoms with Gasteiger partial charge in [-0.05, 0) is 12.5 Å². The second kappa shape index (κ2) is 3.72. The third-order valence-electron chi connectivity index (χ3n) is 1.53. The minimum Gasteiger partial charge on any atom is -0.545 e. The number of carbonyl (C=O) groups excluding carboxylic acids is 1. The number of aromatic carboxylic acids is 1. The molecule has 0 radical (unpaired) electrons. The average molecular weight is 161 g/mol. The van der Waals surface area contributed by atoms with E-state index >= 15 is 0 Å². The first-order valence-electron chi connectivity index (χ1n) is 3.68. The van der Waals surface area contributed by atoms with E-state index in [9.17, 15) is 9.90 Å². The predicted molar refractivity (Wildman–Crippen MR) is 45.5 cm³/mol. The molecule has 0 atom stereocenters. The van der Waals surface area contributed by atoms with Gasteiger partial charge in [0.2, 0.25) is 0 Å². The predicted octanol–water partition coefficient (Wildman–Crippen LogP) is 1.08. The standard InChI is InChI=1S/C10H10O2/c1-2-5-8-6-3-4-7-9(8)10(11)12/h2-7H,1H3,(H,11,12)/p-1/b5-2+. The molecule has 0 unspecified atom stereocenters. The topological polar surface area (TPSA) is 40.1 Å². The Morgan fingerprint density at radius 3 is 2.67 bits per heavy atom. The van der Waals surface area contributed by atoms with Gasteiger partial charge in [-0.1, -0.05) is 36.4 Å². The monoisotopic (exact) mass is 161 g/mol. The molecule has 0 heterocycles. The van der Waals surface area contributed by atoms with Crippen LogP contribution in [-0.4, -0.2) is 5.97 Å². The lowest BCUT2D eigenvalue weighted by molar-refractivity contribution is -0.255. The Bertz CT molecular complexity index is 313. The van der Waals surface area contributed by atoms with E-state index in [2.05, 4.69) is 0 Å². The molecule has 0 aliphatic rings. The molecule has 0 fully saturated rings. The number of carbonyl (C=O) groups is 1. The van der Waals surface area contributed by atoms with Crippen molar-refractivity contribution < 1.29 is 9.90 Å². The van der Waals surface area contributed by atoms with Crippen LogP contribution in [0.15, 0.2) is 30.3 Å². The van der Waals surface area contributed by atoms with Gasteiger partial charge in [-0.15, -0.1) is 0 Å². The smallest absolute Gasteiger partial charge is 0.0721 e. The van der Waals surface area contributed by atoms with Gasteiger partial charge in [0.25, 0.3) is 0 Å². The first-order valence-corrected chi connectivity index (χ1v) is 3.68. The normalized spacial score (nSPS) is 10.4. The molecule has 2 nitrogen and oxygen atoms in total. The highest BCUT2D eigenvalue weighted by atomic mass is 16.4. The third kappa shape index (κ3) is 1.72. The van der Waals surface area contributed by atoms with Crippen LogP contribution in [0, 0.1) is 0 Å². The van der Waals surface area contributed by atoms with Gasteiger partial charge in [0.1, 0.15) is 0 Å². The Labute approximate surface area is 71.2 Å². The Balaban J connectivity index is 3.17. The lowest BCUT2D eigenvalue weighted by Crippen LogP contribution is -2.23. The number of benzene rings is 1. The van der Waals surface area contributed by atoms with Gasteiger partial charge in [-0.3, -0.25) is 0 Å². The maximum absolute atomic E-state index is 10.6. The molecule has 0 aliphatic carbocycles. The number of carboxylic acids is 1. The van der Waals surface area contributed by atoms with E-state index < -0.39 is 5.97 Å². The molecule has 0 saturated carbocycles. The molecule has 0 amide bonds. The van der Waals surface area contributed by atoms with E-state index in [4.69, 9.17) is 0 Å². The van der Waals surface area contributed by atoms with Crippen LogP contribution in [0.3, 0.4) is 0 Å². The van der Waals surface area contributed by atoms with Crippen molar-refractivity contribution >= 4 is 12.0 Å². The van der Waals surface area contributed by atoms with Gasteiger partial charge in [-0.25, -0.2) is 0 Å². The summed E-state index contributed by atoms with van der Waals surface area (Å²) in [4.78, 5) is 10.6. The molecule has 2 heteroatoms. The van der Waals surface area contributed by atoms with Crippen molar-refractivity contribution in [3.8, 4) is 0 Å². The third-order valence-corrected chi connectivity index (χ3v) is 1.53. The molecule has 1 rings (SSSR count). The molecule has 1 aromatic carbocycles. The van der Waals surface area contributed by atoms with Crippen molar-refractivity contribution in [1.29, 1.82) is 0 Å². The van der Waals surface area contributed by atoms with Crippen LogP contribution < -0.4 is 5.11 Å². The summed E-state index contributed by atoms with van der Waals surface area (Å²) in [5, 5.41) is 10.6. The van der Waals surface area contributed by atoms with Crippen LogP contribution in [0.25, 0.3) is 6.08 Å². The van der Waals surface area contributed by atoms with Crippen LogP contribution in [0.4, 0.5) is 0 Å². The summed E-state index contributed by atoms with van der Waals surface area (Å²) < 4.78 is 0. The van der Waals surface area contributed by atoms with Crippen LogP contribution in [0.1, 0.15) is 22.8 Å². The fourth-order valence-electron chi connectivity index (χ4n) is 1.01. The van der Waals surface area contributed by atoms with E-state index in [0.29, 0.717) is 5.56 Å². The summed E-state index contributed by atoms with van der Waals surface area (Å²) in [7, 11) is 0. The van der Waals surface area contributed by atoms with E-state index in [-0.39, 0.29) is 5.56 Å². The first-order chi connectivity index (χ1) is 5.75. The van der Waals surface area contributed by atoms with Gasteiger partial charge in [0, 0.05) is 5.56 Å². The second-order valence-electron chi connectivity index (χ2n) is 2.37. The van der Waals surface area contributed by atoms with Crippen LogP contribution >= 0.6 is 0 Å². The van der Waals surface area contributed by atoms with Crippen molar-refractivity contribution in [1.82, 2.24) is 0 Å². The second-order valence-corrected chi connectivity index (χ2v) is 2.37. The Kier molecular flexibility index (Phi) is 2.64. The summed E-state index contributed by atoms with van der Waals surface area (Å²) in [6.45, 7) is 1.84. The van der Waals surface area contributed by atoms with Gasteiger partial charge in [0.15, 0.2) is 0 Å².